The molecular formula is C25H28N2O2S. The van der Waals surface area contributed by atoms with Gasteiger partial charge < -0.3 is 15.0 Å². The third kappa shape index (κ3) is 3.82. The third-order valence-electron chi connectivity index (χ3n) is 5.67. The number of aryl methyl sites for hydroxylation is 1. The van der Waals surface area contributed by atoms with Gasteiger partial charge in [-0.1, -0.05) is 49.4 Å². The van der Waals surface area contributed by atoms with Gasteiger partial charge in [0.15, 0.2) is 0 Å². The Hall–Kier alpha value is -2.79. The number of urea groups is 1. The van der Waals surface area contributed by atoms with Crippen LogP contribution in [0.25, 0.3) is 0 Å². The largest absolute Gasteiger partial charge is 0.492 e. The molecule has 2 aromatic carbocycles. The molecule has 2 heterocycles. The molecule has 4 nitrogen and oxygen atoms in total. The number of thiophene rings is 1. The van der Waals surface area contributed by atoms with E-state index in [2.05, 4.69) is 31.3 Å². The molecule has 0 saturated carbocycles. The van der Waals surface area contributed by atoms with Crippen LogP contribution in [0.3, 0.4) is 0 Å². The van der Waals surface area contributed by atoms with Crippen molar-refractivity contribution in [2.45, 2.75) is 39.7 Å². The molecule has 1 atom stereocenters. The molecule has 0 aliphatic carbocycles. The lowest BCUT2D eigenvalue weighted by Gasteiger charge is -2.36. The van der Waals surface area contributed by atoms with Gasteiger partial charge in [0.1, 0.15) is 5.75 Å². The maximum atomic E-state index is 13.4. The Morgan fingerprint density at radius 1 is 1.13 bits per heavy atom. The Bertz CT molecular complexity index is 1030. The van der Waals surface area contributed by atoms with Crippen molar-refractivity contribution in [1.29, 1.82) is 0 Å². The van der Waals surface area contributed by atoms with E-state index in [0.717, 1.165) is 18.4 Å². The van der Waals surface area contributed by atoms with Crippen molar-refractivity contribution in [2.75, 3.05) is 18.5 Å². The highest BCUT2D eigenvalue weighted by Gasteiger charge is 2.35. The lowest BCUT2D eigenvalue weighted by Crippen LogP contribution is -2.42. The molecule has 1 N–H and O–H groups in total. The van der Waals surface area contributed by atoms with Crippen LogP contribution in [0.4, 0.5) is 10.5 Å². The van der Waals surface area contributed by atoms with Crippen molar-refractivity contribution in [3.63, 3.8) is 0 Å². The van der Waals surface area contributed by atoms with E-state index in [0.29, 0.717) is 24.6 Å². The number of anilines is 1. The Kier molecular flexibility index (Phi) is 6.09. The van der Waals surface area contributed by atoms with E-state index in [1.54, 1.807) is 0 Å². The number of para-hydroxylation sites is 2. The fourth-order valence-electron chi connectivity index (χ4n) is 4.33. The van der Waals surface area contributed by atoms with Gasteiger partial charge in [-0.05, 0) is 55.5 Å². The van der Waals surface area contributed by atoms with E-state index in [1.165, 1.54) is 20.9 Å². The van der Waals surface area contributed by atoms with Gasteiger partial charge in [0.05, 0.1) is 18.3 Å². The maximum Gasteiger partial charge on any atom is 0.322 e. The Labute approximate surface area is 182 Å². The topological polar surface area (TPSA) is 41.6 Å². The molecule has 3 aromatic rings. The quantitative estimate of drug-likeness (QED) is 0.534. The van der Waals surface area contributed by atoms with Crippen molar-refractivity contribution in [2.24, 2.45) is 0 Å². The first-order chi connectivity index (χ1) is 14.6. The summed E-state index contributed by atoms with van der Waals surface area (Å²) in [5.41, 5.74) is 4.75. The first-order valence-corrected chi connectivity index (χ1v) is 11.4. The van der Waals surface area contributed by atoms with E-state index in [4.69, 9.17) is 4.74 Å². The zero-order valence-electron chi connectivity index (χ0n) is 17.8. The molecule has 0 unspecified atom stereocenters. The van der Waals surface area contributed by atoms with Crippen LogP contribution >= 0.6 is 11.3 Å². The van der Waals surface area contributed by atoms with Gasteiger partial charge in [-0.25, -0.2) is 4.79 Å². The second-order valence-corrected chi connectivity index (χ2v) is 8.71. The molecule has 30 heavy (non-hydrogen) atoms. The minimum atomic E-state index is -0.0919. The SMILES string of the molecule is CCOc1ccccc1NC(=O)N1CCc2c(sc(C)c2CC)[C@@H]1c1ccccc1. The van der Waals surface area contributed by atoms with Crippen molar-refractivity contribution < 1.29 is 9.53 Å². The molecule has 5 heteroatoms. The molecule has 156 valence electrons. The van der Waals surface area contributed by atoms with Gasteiger partial charge >= 0.3 is 6.03 Å². The van der Waals surface area contributed by atoms with Crippen LogP contribution in [-0.4, -0.2) is 24.1 Å². The number of carbonyl (C=O) groups excluding carboxylic acids is 1. The number of fused-ring (bicyclic) bond motifs is 1. The molecule has 2 amide bonds. The van der Waals surface area contributed by atoms with Gasteiger partial charge in [0, 0.05) is 16.3 Å². The molecule has 0 spiro atoms. The number of benzene rings is 2. The second kappa shape index (κ2) is 8.92. The summed E-state index contributed by atoms with van der Waals surface area (Å²) in [6.45, 7) is 7.61. The standard InChI is InChI=1S/C25H28N2O2S/c1-4-19-17(3)30-24-20(19)15-16-27(23(24)18-11-7-6-8-12-18)25(28)26-21-13-9-10-14-22(21)29-5-2/h6-14,23H,4-5,15-16H2,1-3H3,(H,26,28)/t23-/m0/s1. The van der Waals surface area contributed by atoms with Gasteiger partial charge in [-0.15, -0.1) is 11.3 Å². The van der Waals surface area contributed by atoms with Gasteiger partial charge in [0.25, 0.3) is 0 Å². The fraction of sp³-hybridized carbons (Fsp3) is 0.320. The third-order valence-corrected chi connectivity index (χ3v) is 6.91. The number of rotatable bonds is 5. The highest BCUT2D eigenvalue weighted by molar-refractivity contribution is 7.12. The summed E-state index contributed by atoms with van der Waals surface area (Å²) in [6.07, 6.45) is 1.93. The predicted octanol–water partition coefficient (Wildman–Crippen LogP) is 6.20. The lowest BCUT2D eigenvalue weighted by atomic mass is 9.92. The Balaban J connectivity index is 1.71. The normalized spacial score (nSPS) is 15.6. The molecule has 1 aliphatic heterocycles. The van der Waals surface area contributed by atoms with E-state index in [1.807, 2.05) is 65.6 Å². The smallest absolute Gasteiger partial charge is 0.322 e. The predicted molar refractivity (Wildman–Crippen MR) is 124 cm³/mol. The van der Waals surface area contributed by atoms with Crippen LogP contribution in [0.15, 0.2) is 54.6 Å². The number of hydrogen-bond acceptors (Lipinski definition) is 3. The summed E-state index contributed by atoms with van der Waals surface area (Å²) >= 11 is 1.84. The first-order valence-electron chi connectivity index (χ1n) is 10.6. The molecule has 4 rings (SSSR count). The number of amides is 2. The van der Waals surface area contributed by atoms with E-state index < -0.39 is 0 Å². The summed E-state index contributed by atoms with van der Waals surface area (Å²) in [7, 11) is 0. The minimum Gasteiger partial charge on any atom is -0.492 e. The van der Waals surface area contributed by atoms with Crippen molar-refractivity contribution in [1.82, 2.24) is 4.90 Å². The van der Waals surface area contributed by atoms with E-state index in [9.17, 15) is 4.79 Å². The second-order valence-electron chi connectivity index (χ2n) is 7.45. The Morgan fingerprint density at radius 2 is 1.87 bits per heavy atom. The average molecular weight is 421 g/mol. The van der Waals surface area contributed by atoms with Gasteiger partial charge in [0.2, 0.25) is 0 Å². The van der Waals surface area contributed by atoms with Crippen LogP contribution in [-0.2, 0) is 12.8 Å². The summed E-state index contributed by atoms with van der Waals surface area (Å²) in [4.78, 5) is 18.1. The summed E-state index contributed by atoms with van der Waals surface area (Å²) in [5.74, 6) is 0.697. The summed E-state index contributed by atoms with van der Waals surface area (Å²) in [6, 6.07) is 17.8. The summed E-state index contributed by atoms with van der Waals surface area (Å²) < 4.78 is 5.70. The molecule has 0 fully saturated rings. The highest BCUT2D eigenvalue weighted by atomic mass is 32.1. The number of nitrogens with one attached hydrogen (secondary N) is 1. The number of nitrogens with zero attached hydrogens (tertiary/aromatic N) is 1. The Morgan fingerprint density at radius 3 is 2.60 bits per heavy atom. The van der Waals surface area contributed by atoms with Crippen LogP contribution in [0.2, 0.25) is 0 Å². The van der Waals surface area contributed by atoms with Crippen LogP contribution in [0.1, 0.15) is 46.3 Å². The first kappa shape index (κ1) is 20.5. The molecular weight excluding hydrogens is 392 g/mol. The molecule has 1 aromatic heterocycles. The van der Waals surface area contributed by atoms with Crippen molar-refractivity contribution in [3.05, 3.63) is 81.0 Å². The van der Waals surface area contributed by atoms with Crippen molar-refractivity contribution >= 4 is 23.1 Å². The zero-order valence-corrected chi connectivity index (χ0v) is 18.6. The van der Waals surface area contributed by atoms with Crippen LogP contribution < -0.4 is 10.1 Å². The lowest BCUT2D eigenvalue weighted by molar-refractivity contribution is 0.195. The zero-order chi connectivity index (χ0) is 21.1. The maximum absolute atomic E-state index is 13.4. The molecule has 0 radical (unpaired) electrons. The number of ether oxygens (including phenoxy) is 1. The fourth-order valence-corrected chi connectivity index (χ4v) is 5.78. The van der Waals surface area contributed by atoms with E-state index in [-0.39, 0.29) is 12.1 Å². The number of hydrogen-bond donors (Lipinski definition) is 1. The van der Waals surface area contributed by atoms with Crippen LogP contribution in [0.5, 0.6) is 5.75 Å². The summed E-state index contributed by atoms with van der Waals surface area (Å²) in [5, 5.41) is 3.10. The monoisotopic (exact) mass is 420 g/mol. The minimum absolute atomic E-state index is 0.0711. The highest BCUT2D eigenvalue weighted by Crippen LogP contribution is 2.43. The van der Waals surface area contributed by atoms with E-state index >= 15 is 0 Å². The van der Waals surface area contributed by atoms with Gasteiger partial charge in [-0.3, -0.25) is 0 Å². The molecule has 0 saturated heterocycles. The molecule has 0 bridgehead atoms. The molecule has 1 aliphatic rings. The van der Waals surface area contributed by atoms with Gasteiger partial charge in [-0.2, -0.15) is 0 Å². The average Bonchev–Trinajstić information content (AvgIpc) is 3.10. The van der Waals surface area contributed by atoms with Crippen LogP contribution in [0, 0.1) is 6.92 Å². The van der Waals surface area contributed by atoms with Crippen molar-refractivity contribution in [3.8, 4) is 5.75 Å². The number of carbonyl (C=O) groups is 1.